The van der Waals surface area contributed by atoms with Crippen molar-refractivity contribution in [2.75, 3.05) is 13.1 Å². The van der Waals surface area contributed by atoms with Crippen molar-refractivity contribution in [1.29, 1.82) is 0 Å². The standard InChI is InChI=1S/C13H17FN2O4/c1-9(20-11-4-2-3-10(14)7-11)8-16-13(19)15-6-5-12(17)18/h2-4,7,9H,5-6,8H2,1H3,(H,17,18)(H2,15,16,19). The average molecular weight is 284 g/mol. The fraction of sp³-hybridized carbons (Fsp3) is 0.385. The molecule has 0 aliphatic carbocycles. The molecule has 20 heavy (non-hydrogen) atoms. The van der Waals surface area contributed by atoms with Gasteiger partial charge in [0.05, 0.1) is 13.0 Å². The Morgan fingerprint density at radius 3 is 2.80 bits per heavy atom. The van der Waals surface area contributed by atoms with Crippen LogP contribution in [0.2, 0.25) is 0 Å². The molecule has 0 aromatic heterocycles. The van der Waals surface area contributed by atoms with E-state index in [4.69, 9.17) is 9.84 Å². The Labute approximate surface area is 115 Å². The summed E-state index contributed by atoms with van der Waals surface area (Å²) in [5, 5.41) is 13.3. The van der Waals surface area contributed by atoms with E-state index in [-0.39, 0.29) is 25.6 Å². The number of aliphatic carboxylic acids is 1. The van der Waals surface area contributed by atoms with E-state index in [0.717, 1.165) is 0 Å². The van der Waals surface area contributed by atoms with Gasteiger partial charge in [-0.3, -0.25) is 4.79 Å². The molecule has 6 nitrogen and oxygen atoms in total. The lowest BCUT2D eigenvalue weighted by Gasteiger charge is -2.15. The molecule has 1 unspecified atom stereocenters. The van der Waals surface area contributed by atoms with Gasteiger partial charge in [-0.1, -0.05) is 6.07 Å². The van der Waals surface area contributed by atoms with Crippen molar-refractivity contribution in [1.82, 2.24) is 10.6 Å². The van der Waals surface area contributed by atoms with Gasteiger partial charge < -0.3 is 20.5 Å². The Bertz CT molecular complexity index is 467. The third-order valence-corrected chi connectivity index (χ3v) is 2.31. The number of benzene rings is 1. The number of carboxylic acids is 1. The summed E-state index contributed by atoms with van der Waals surface area (Å²) in [6.45, 7) is 2.00. The molecule has 0 saturated heterocycles. The fourth-order valence-corrected chi connectivity index (χ4v) is 1.40. The van der Waals surface area contributed by atoms with E-state index in [1.165, 1.54) is 18.2 Å². The summed E-state index contributed by atoms with van der Waals surface area (Å²) in [6, 6.07) is 5.24. The summed E-state index contributed by atoms with van der Waals surface area (Å²) in [4.78, 5) is 21.6. The summed E-state index contributed by atoms with van der Waals surface area (Å²) in [7, 11) is 0. The van der Waals surface area contributed by atoms with Crippen LogP contribution in [0.5, 0.6) is 5.75 Å². The highest BCUT2D eigenvalue weighted by molar-refractivity contribution is 5.74. The predicted octanol–water partition coefficient (Wildman–Crippen LogP) is 1.37. The van der Waals surface area contributed by atoms with Gasteiger partial charge in [0, 0.05) is 12.6 Å². The lowest BCUT2D eigenvalue weighted by Crippen LogP contribution is -2.41. The van der Waals surface area contributed by atoms with Crippen LogP contribution in [0.25, 0.3) is 0 Å². The lowest BCUT2D eigenvalue weighted by molar-refractivity contribution is -0.136. The summed E-state index contributed by atoms with van der Waals surface area (Å²) in [5.41, 5.74) is 0. The molecule has 7 heteroatoms. The van der Waals surface area contributed by atoms with Gasteiger partial charge in [-0.25, -0.2) is 9.18 Å². The van der Waals surface area contributed by atoms with Crippen molar-refractivity contribution >= 4 is 12.0 Å². The number of hydrogen-bond acceptors (Lipinski definition) is 3. The molecule has 0 aliphatic heterocycles. The molecule has 1 atom stereocenters. The third-order valence-electron chi connectivity index (χ3n) is 2.31. The number of carboxylic acid groups (broad SMARTS) is 1. The second-order valence-corrected chi connectivity index (χ2v) is 4.17. The molecule has 0 radical (unpaired) electrons. The molecule has 1 aromatic carbocycles. The maximum atomic E-state index is 12.9. The summed E-state index contributed by atoms with van der Waals surface area (Å²) >= 11 is 0. The van der Waals surface area contributed by atoms with Crippen LogP contribution in [0.15, 0.2) is 24.3 Å². The second-order valence-electron chi connectivity index (χ2n) is 4.17. The largest absolute Gasteiger partial charge is 0.489 e. The van der Waals surface area contributed by atoms with Crippen molar-refractivity contribution in [2.24, 2.45) is 0 Å². The molecule has 0 saturated carbocycles. The number of carbonyl (C=O) groups is 2. The number of halogens is 1. The highest BCUT2D eigenvalue weighted by atomic mass is 19.1. The number of ether oxygens (including phenoxy) is 1. The van der Waals surface area contributed by atoms with Crippen LogP contribution in [-0.4, -0.2) is 36.3 Å². The van der Waals surface area contributed by atoms with E-state index in [0.29, 0.717) is 5.75 Å². The number of amides is 2. The number of urea groups is 1. The monoisotopic (exact) mass is 284 g/mol. The Morgan fingerprint density at radius 1 is 1.40 bits per heavy atom. The summed E-state index contributed by atoms with van der Waals surface area (Å²) in [5.74, 6) is -0.993. The smallest absolute Gasteiger partial charge is 0.314 e. The van der Waals surface area contributed by atoms with Crippen molar-refractivity contribution in [2.45, 2.75) is 19.4 Å². The Morgan fingerprint density at radius 2 is 2.15 bits per heavy atom. The molecule has 3 N–H and O–H groups in total. The topological polar surface area (TPSA) is 87.7 Å². The number of hydrogen-bond donors (Lipinski definition) is 3. The van der Waals surface area contributed by atoms with Gasteiger partial charge in [-0.15, -0.1) is 0 Å². The van der Waals surface area contributed by atoms with Gasteiger partial charge in [0.2, 0.25) is 0 Å². The van der Waals surface area contributed by atoms with Gasteiger partial charge in [-0.2, -0.15) is 0 Å². The van der Waals surface area contributed by atoms with Crippen molar-refractivity contribution in [3.8, 4) is 5.75 Å². The summed E-state index contributed by atoms with van der Waals surface area (Å²) < 4.78 is 18.3. The maximum absolute atomic E-state index is 12.9. The van der Waals surface area contributed by atoms with Gasteiger partial charge in [0.1, 0.15) is 17.7 Å². The number of rotatable bonds is 7. The first-order chi connectivity index (χ1) is 9.47. The zero-order chi connectivity index (χ0) is 15.0. The van der Waals surface area contributed by atoms with E-state index in [1.807, 2.05) is 0 Å². The van der Waals surface area contributed by atoms with Gasteiger partial charge >= 0.3 is 12.0 Å². The molecule has 0 aliphatic rings. The molecule has 0 fully saturated rings. The minimum Gasteiger partial charge on any atom is -0.489 e. The van der Waals surface area contributed by atoms with E-state index in [9.17, 15) is 14.0 Å². The summed E-state index contributed by atoms with van der Waals surface area (Å²) in [6.07, 6.45) is -0.481. The minimum atomic E-state index is -0.979. The van der Waals surface area contributed by atoms with Gasteiger partial charge in [-0.05, 0) is 19.1 Å². The molecule has 0 spiro atoms. The van der Waals surface area contributed by atoms with Gasteiger partial charge in [0.15, 0.2) is 0 Å². The molecule has 2 amide bonds. The van der Waals surface area contributed by atoms with Crippen molar-refractivity contribution < 1.29 is 23.8 Å². The quantitative estimate of drug-likeness (QED) is 0.705. The molecular weight excluding hydrogens is 267 g/mol. The van der Waals surface area contributed by atoms with Crippen LogP contribution in [0.3, 0.4) is 0 Å². The van der Waals surface area contributed by atoms with Crippen LogP contribution >= 0.6 is 0 Å². The SMILES string of the molecule is CC(CNC(=O)NCCC(=O)O)Oc1cccc(F)c1. The minimum absolute atomic E-state index is 0.0559. The predicted molar refractivity (Wildman–Crippen MR) is 70.1 cm³/mol. The van der Waals surface area contributed by atoms with E-state index in [2.05, 4.69) is 10.6 Å². The second kappa shape index (κ2) is 7.98. The fourth-order valence-electron chi connectivity index (χ4n) is 1.40. The molecule has 0 heterocycles. The number of carbonyl (C=O) groups excluding carboxylic acids is 1. The van der Waals surface area contributed by atoms with Crippen LogP contribution in [0, 0.1) is 5.82 Å². The molecule has 1 rings (SSSR count). The van der Waals surface area contributed by atoms with Crippen LogP contribution < -0.4 is 15.4 Å². The Hall–Kier alpha value is -2.31. The highest BCUT2D eigenvalue weighted by Crippen LogP contribution is 2.13. The molecule has 1 aromatic rings. The molecular formula is C13H17FN2O4. The highest BCUT2D eigenvalue weighted by Gasteiger charge is 2.07. The molecule has 0 bridgehead atoms. The van der Waals surface area contributed by atoms with E-state index < -0.39 is 17.8 Å². The maximum Gasteiger partial charge on any atom is 0.314 e. The molecule has 110 valence electrons. The van der Waals surface area contributed by atoms with Crippen molar-refractivity contribution in [3.63, 3.8) is 0 Å². The zero-order valence-corrected chi connectivity index (χ0v) is 11.1. The third kappa shape index (κ3) is 6.58. The normalized spacial score (nSPS) is 11.5. The number of nitrogens with one attached hydrogen (secondary N) is 2. The first-order valence-electron chi connectivity index (χ1n) is 6.13. The van der Waals surface area contributed by atoms with Crippen molar-refractivity contribution in [3.05, 3.63) is 30.1 Å². The zero-order valence-electron chi connectivity index (χ0n) is 11.1. The van der Waals surface area contributed by atoms with E-state index in [1.54, 1.807) is 13.0 Å². The Balaban J connectivity index is 2.24. The lowest BCUT2D eigenvalue weighted by atomic mass is 10.3. The van der Waals surface area contributed by atoms with Crippen LogP contribution in [-0.2, 0) is 4.79 Å². The average Bonchev–Trinajstić information content (AvgIpc) is 2.36. The van der Waals surface area contributed by atoms with Gasteiger partial charge in [0.25, 0.3) is 0 Å². The first kappa shape index (κ1) is 15.7. The first-order valence-corrected chi connectivity index (χ1v) is 6.13. The Kier molecular flexibility index (Phi) is 6.28. The van der Waals surface area contributed by atoms with Crippen LogP contribution in [0.4, 0.5) is 9.18 Å². The van der Waals surface area contributed by atoms with E-state index >= 15 is 0 Å². The van der Waals surface area contributed by atoms with Crippen LogP contribution in [0.1, 0.15) is 13.3 Å².